The normalized spacial score (nSPS) is 17.2. The molecule has 17 heavy (non-hydrogen) atoms. The fourth-order valence-corrected chi connectivity index (χ4v) is 2.65. The second-order valence-electron chi connectivity index (χ2n) is 4.97. The molecule has 1 aromatic rings. The van der Waals surface area contributed by atoms with Crippen molar-refractivity contribution in [3.05, 3.63) is 22.4 Å². The van der Waals surface area contributed by atoms with Crippen molar-refractivity contribution in [2.45, 2.75) is 44.5 Å². The molecule has 94 valence electrons. The second-order valence-corrected chi connectivity index (χ2v) is 6.55. The zero-order chi connectivity index (χ0) is 12.4. The van der Waals surface area contributed by atoms with E-state index < -0.39 is 0 Å². The summed E-state index contributed by atoms with van der Waals surface area (Å²) < 4.78 is 0. The van der Waals surface area contributed by atoms with E-state index in [-0.39, 0.29) is 17.1 Å². The van der Waals surface area contributed by atoms with E-state index in [1.807, 2.05) is 24.8 Å². The number of thiol groups is 1. The quantitative estimate of drug-likeness (QED) is 0.814. The minimum Gasteiger partial charge on any atom is -0.334 e. The van der Waals surface area contributed by atoms with Gasteiger partial charge in [0.05, 0.1) is 11.8 Å². The van der Waals surface area contributed by atoms with Crippen LogP contribution >= 0.6 is 24.0 Å². The molecule has 1 saturated carbocycles. The van der Waals surface area contributed by atoms with Crippen LogP contribution in [-0.2, 0) is 11.3 Å². The lowest BCUT2D eigenvalue weighted by atomic mass is 10.1. The minimum absolute atomic E-state index is 0.171. The van der Waals surface area contributed by atoms with Gasteiger partial charge in [0.2, 0.25) is 5.91 Å². The minimum atomic E-state index is -0.171. The van der Waals surface area contributed by atoms with Gasteiger partial charge in [0.25, 0.3) is 0 Å². The highest BCUT2D eigenvalue weighted by atomic mass is 32.1. The highest BCUT2D eigenvalue weighted by Crippen LogP contribution is 2.31. The van der Waals surface area contributed by atoms with Crippen molar-refractivity contribution in [3.63, 3.8) is 0 Å². The maximum absolute atomic E-state index is 12.3. The number of rotatable bonds is 5. The number of amides is 1. The summed E-state index contributed by atoms with van der Waals surface area (Å²) in [5.74, 6) is 0.481. The van der Waals surface area contributed by atoms with E-state index in [1.165, 1.54) is 4.88 Å². The maximum Gasteiger partial charge on any atom is 0.236 e. The molecule has 0 saturated heterocycles. The van der Waals surface area contributed by atoms with Crippen molar-refractivity contribution < 1.29 is 4.79 Å². The second kappa shape index (κ2) is 5.44. The summed E-state index contributed by atoms with van der Waals surface area (Å²) in [5, 5.41) is 1.89. The predicted molar refractivity (Wildman–Crippen MR) is 75.5 cm³/mol. The van der Waals surface area contributed by atoms with Gasteiger partial charge >= 0.3 is 0 Å². The molecule has 2 rings (SSSR count). The highest BCUT2D eigenvalue weighted by Gasteiger charge is 2.35. The Kier molecular flexibility index (Phi) is 4.15. The summed E-state index contributed by atoms with van der Waals surface area (Å²) in [7, 11) is 0. The van der Waals surface area contributed by atoms with Gasteiger partial charge in [-0.3, -0.25) is 4.79 Å². The van der Waals surface area contributed by atoms with Gasteiger partial charge in [-0.25, -0.2) is 0 Å². The van der Waals surface area contributed by atoms with Gasteiger partial charge in [-0.2, -0.15) is 12.6 Å². The summed E-state index contributed by atoms with van der Waals surface area (Å²) in [4.78, 5) is 15.6. The van der Waals surface area contributed by atoms with Gasteiger partial charge < -0.3 is 4.90 Å². The van der Waals surface area contributed by atoms with Gasteiger partial charge in [0.15, 0.2) is 0 Å². The lowest BCUT2D eigenvalue weighted by molar-refractivity contribution is -0.132. The summed E-state index contributed by atoms with van der Waals surface area (Å²) in [5.41, 5.74) is 0. The van der Waals surface area contributed by atoms with Gasteiger partial charge in [-0.1, -0.05) is 19.9 Å². The fraction of sp³-hybridized carbons (Fsp3) is 0.615. The molecule has 1 atom stereocenters. The van der Waals surface area contributed by atoms with Gasteiger partial charge in [-0.05, 0) is 30.2 Å². The Labute approximate surface area is 112 Å². The first kappa shape index (κ1) is 13.0. The van der Waals surface area contributed by atoms with E-state index in [1.54, 1.807) is 11.3 Å². The first-order valence-electron chi connectivity index (χ1n) is 6.10. The molecule has 4 heteroatoms. The number of nitrogens with zero attached hydrogens (tertiary/aromatic N) is 1. The molecule has 1 unspecified atom stereocenters. The summed E-state index contributed by atoms with van der Waals surface area (Å²) in [6.45, 7) is 4.85. The molecule has 1 aliphatic rings. The molecule has 1 aliphatic carbocycles. The highest BCUT2D eigenvalue weighted by molar-refractivity contribution is 7.81. The van der Waals surface area contributed by atoms with E-state index in [0.717, 1.165) is 19.4 Å². The molecule has 0 aliphatic heterocycles. The third-order valence-electron chi connectivity index (χ3n) is 3.06. The van der Waals surface area contributed by atoms with Gasteiger partial charge in [0, 0.05) is 10.9 Å². The molecule has 2 nitrogen and oxygen atoms in total. The van der Waals surface area contributed by atoms with E-state index >= 15 is 0 Å². The maximum atomic E-state index is 12.3. The molecule has 0 spiro atoms. The van der Waals surface area contributed by atoms with Crippen molar-refractivity contribution in [2.75, 3.05) is 0 Å². The van der Waals surface area contributed by atoms with Crippen molar-refractivity contribution in [3.8, 4) is 0 Å². The van der Waals surface area contributed by atoms with Crippen LogP contribution in [0, 0.1) is 5.92 Å². The molecular formula is C13H19NOS2. The Hall–Kier alpha value is -0.480. The SMILES string of the molecule is CC(C)C(S)C(=O)N(Cc1cccs1)C1CC1. The van der Waals surface area contributed by atoms with Crippen LogP contribution in [0.25, 0.3) is 0 Å². The van der Waals surface area contributed by atoms with Crippen LogP contribution in [0.15, 0.2) is 17.5 Å². The van der Waals surface area contributed by atoms with Crippen molar-refractivity contribution >= 4 is 29.9 Å². The largest absolute Gasteiger partial charge is 0.334 e. The lowest BCUT2D eigenvalue weighted by Gasteiger charge is -2.26. The molecule has 1 amide bonds. The summed E-state index contributed by atoms with van der Waals surface area (Å²) >= 11 is 6.16. The zero-order valence-corrected chi connectivity index (χ0v) is 12.0. The predicted octanol–water partition coefficient (Wildman–Crippen LogP) is 3.19. The number of hydrogen-bond donors (Lipinski definition) is 1. The summed E-state index contributed by atoms with van der Waals surface area (Å²) in [6, 6.07) is 4.59. The molecular weight excluding hydrogens is 250 g/mol. The van der Waals surface area contributed by atoms with Crippen LogP contribution in [0.3, 0.4) is 0 Å². The fourth-order valence-electron chi connectivity index (χ4n) is 1.80. The first-order valence-corrected chi connectivity index (χ1v) is 7.50. The van der Waals surface area contributed by atoms with Crippen LogP contribution in [0.2, 0.25) is 0 Å². The average Bonchev–Trinajstić information content (AvgIpc) is 3.01. The number of carbonyl (C=O) groups is 1. The standard InChI is InChI=1S/C13H19NOS2/c1-9(2)12(16)13(15)14(10-5-6-10)8-11-4-3-7-17-11/h3-4,7,9-10,12,16H,5-6,8H2,1-2H3. The van der Waals surface area contributed by atoms with Crippen LogP contribution in [0.5, 0.6) is 0 Å². The Morgan fingerprint density at radius 2 is 2.29 bits per heavy atom. The van der Waals surface area contributed by atoms with Gasteiger partial charge in [-0.15, -0.1) is 11.3 Å². The summed E-state index contributed by atoms with van der Waals surface area (Å²) in [6.07, 6.45) is 2.30. The van der Waals surface area contributed by atoms with Crippen molar-refractivity contribution in [1.82, 2.24) is 4.90 Å². The smallest absolute Gasteiger partial charge is 0.236 e. The van der Waals surface area contributed by atoms with E-state index in [9.17, 15) is 4.79 Å². The molecule has 1 heterocycles. The van der Waals surface area contributed by atoms with E-state index in [0.29, 0.717) is 6.04 Å². The third kappa shape index (κ3) is 3.26. The Bertz CT molecular complexity index is 371. The Balaban J connectivity index is 2.04. The zero-order valence-electron chi connectivity index (χ0n) is 10.3. The van der Waals surface area contributed by atoms with Gasteiger partial charge in [0.1, 0.15) is 0 Å². The number of thiophene rings is 1. The van der Waals surface area contributed by atoms with Crippen molar-refractivity contribution in [1.29, 1.82) is 0 Å². The molecule has 1 aromatic heterocycles. The first-order chi connectivity index (χ1) is 8.09. The Morgan fingerprint density at radius 1 is 1.59 bits per heavy atom. The van der Waals surface area contributed by atoms with Crippen molar-refractivity contribution in [2.24, 2.45) is 5.92 Å². The van der Waals surface area contributed by atoms with Crippen LogP contribution < -0.4 is 0 Å². The average molecular weight is 269 g/mol. The Morgan fingerprint density at radius 3 is 2.76 bits per heavy atom. The molecule has 0 radical (unpaired) electrons. The molecule has 0 aromatic carbocycles. The lowest BCUT2D eigenvalue weighted by Crippen LogP contribution is -2.39. The van der Waals surface area contributed by atoms with E-state index in [4.69, 9.17) is 0 Å². The topological polar surface area (TPSA) is 20.3 Å². The molecule has 0 N–H and O–H groups in total. The van der Waals surface area contributed by atoms with Crippen LogP contribution in [-0.4, -0.2) is 22.1 Å². The molecule has 1 fully saturated rings. The molecule has 0 bridgehead atoms. The number of hydrogen-bond acceptors (Lipinski definition) is 3. The monoisotopic (exact) mass is 269 g/mol. The van der Waals surface area contributed by atoms with Crippen LogP contribution in [0.4, 0.5) is 0 Å². The van der Waals surface area contributed by atoms with Crippen LogP contribution in [0.1, 0.15) is 31.6 Å². The van der Waals surface area contributed by atoms with E-state index in [2.05, 4.69) is 24.1 Å². The third-order valence-corrected chi connectivity index (χ3v) is 4.74. The number of carbonyl (C=O) groups excluding carboxylic acids is 1.